The molecule has 1 aliphatic carbocycles. The number of ether oxygens (including phenoxy) is 1. The fourth-order valence-corrected chi connectivity index (χ4v) is 3.43. The fraction of sp³-hybridized carbons (Fsp3) is 0.455. The van der Waals surface area contributed by atoms with E-state index >= 15 is 0 Å². The number of rotatable bonds is 7. The van der Waals surface area contributed by atoms with Crippen LogP contribution >= 0.6 is 0 Å². The molecule has 2 N–H and O–H groups in total. The second-order valence-electron chi connectivity index (χ2n) is 7.22. The highest BCUT2D eigenvalue weighted by Crippen LogP contribution is 2.19. The third kappa shape index (κ3) is 5.62. The van der Waals surface area contributed by atoms with Crippen molar-refractivity contribution < 1.29 is 18.7 Å². The van der Waals surface area contributed by atoms with Gasteiger partial charge in [-0.1, -0.05) is 37.8 Å². The van der Waals surface area contributed by atoms with Crippen molar-refractivity contribution in [2.45, 2.75) is 64.1 Å². The number of hydrogen-bond acceptors (Lipinski definition) is 5. The van der Waals surface area contributed by atoms with Crippen LogP contribution in [-0.4, -0.2) is 24.0 Å². The van der Waals surface area contributed by atoms with Crippen molar-refractivity contribution in [3.05, 3.63) is 54.0 Å². The zero-order chi connectivity index (χ0) is 19.8. The summed E-state index contributed by atoms with van der Waals surface area (Å²) in [5.41, 5.74) is 1.03. The molecule has 1 aromatic carbocycles. The molecule has 1 unspecified atom stereocenters. The first-order valence-electron chi connectivity index (χ1n) is 10.00. The number of carbonyl (C=O) groups is 2. The van der Waals surface area contributed by atoms with Crippen LogP contribution in [0.4, 0.5) is 5.69 Å². The van der Waals surface area contributed by atoms with E-state index < -0.39 is 12.1 Å². The lowest BCUT2D eigenvalue weighted by molar-refractivity contribution is -0.129. The van der Waals surface area contributed by atoms with E-state index in [9.17, 15) is 9.59 Å². The largest absolute Gasteiger partial charge is 0.467 e. The van der Waals surface area contributed by atoms with Crippen molar-refractivity contribution in [3.8, 4) is 0 Å². The SMILES string of the molecule is CC(OC(=O)c1ccccc1NCc1ccco1)C(=O)NC1CCCCCC1. The summed E-state index contributed by atoms with van der Waals surface area (Å²) in [7, 11) is 0. The summed E-state index contributed by atoms with van der Waals surface area (Å²) in [6.45, 7) is 2.07. The van der Waals surface area contributed by atoms with Gasteiger partial charge < -0.3 is 19.8 Å². The average Bonchev–Trinajstić information content (AvgIpc) is 3.10. The quantitative estimate of drug-likeness (QED) is 0.550. The van der Waals surface area contributed by atoms with Gasteiger partial charge in [-0.05, 0) is 44.0 Å². The van der Waals surface area contributed by atoms with E-state index in [1.807, 2.05) is 18.2 Å². The first-order chi connectivity index (χ1) is 13.6. The molecule has 1 aromatic heterocycles. The Morgan fingerprint density at radius 1 is 1.11 bits per heavy atom. The van der Waals surface area contributed by atoms with Crippen LogP contribution in [0.3, 0.4) is 0 Å². The second kappa shape index (κ2) is 9.97. The molecule has 0 bridgehead atoms. The van der Waals surface area contributed by atoms with Crippen molar-refractivity contribution >= 4 is 17.6 Å². The van der Waals surface area contributed by atoms with Gasteiger partial charge in [-0.3, -0.25) is 4.79 Å². The Bertz CT molecular complexity index is 765. The number of hydrogen-bond donors (Lipinski definition) is 2. The Labute approximate surface area is 165 Å². The van der Waals surface area contributed by atoms with E-state index in [2.05, 4.69) is 10.6 Å². The number of anilines is 1. The summed E-state index contributed by atoms with van der Waals surface area (Å²) in [4.78, 5) is 25.1. The average molecular weight is 384 g/mol. The van der Waals surface area contributed by atoms with Crippen molar-refractivity contribution in [1.82, 2.24) is 5.32 Å². The molecule has 2 aromatic rings. The van der Waals surface area contributed by atoms with Gasteiger partial charge in [0, 0.05) is 11.7 Å². The minimum atomic E-state index is -0.839. The Morgan fingerprint density at radius 2 is 1.86 bits per heavy atom. The third-order valence-electron chi connectivity index (χ3n) is 5.03. The molecule has 0 radical (unpaired) electrons. The lowest BCUT2D eigenvalue weighted by atomic mass is 10.1. The maximum absolute atomic E-state index is 12.6. The molecule has 1 amide bonds. The van der Waals surface area contributed by atoms with Crippen LogP contribution in [0.5, 0.6) is 0 Å². The molecule has 6 nitrogen and oxygen atoms in total. The fourth-order valence-electron chi connectivity index (χ4n) is 3.43. The van der Waals surface area contributed by atoms with E-state index in [4.69, 9.17) is 9.15 Å². The van der Waals surface area contributed by atoms with Gasteiger partial charge in [-0.15, -0.1) is 0 Å². The Morgan fingerprint density at radius 3 is 2.57 bits per heavy atom. The van der Waals surface area contributed by atoms with Crippen molar-refractivity contribution in [2.75, 3.05) is 5.32 Å². The van der Waals surface area contributed by atoms with Gasteiger partial charge in [-0.25, -0.2) is 4.79 Å². The van der Waals surface area contributed by atoms with Gasteiger partial charge in [-0.2, -0.15) is 0 Å². The van der Waals surface area contributed by atoms with Crippen LogP contribution in [0.1, 0.15) is 61.6 Å². The van der Waals surface area contributed by atoms with Gasteiger partial charge >= 0.3 is 5.97 Å². The Hall–Kier alpha value is -2.76. The van der Waals surface area contributed by atoms with Gasteiger partial charge in [0.2, 0.25) is 0 Å². The molecule has 0 aliphatic heterocycles. The molecule has 0 spiro atoms. The number of benzene rings is 1. The number of esters is 1. The van der Waals surface area contributed by atoms with Gasteiger partial charge in [0.1, 0.15) is 5.76 Å². The third-order valence-corrected chi connectivity index (χ3v) is 5.03. The predicted molar refractivity (Wildman–Crippen MR) is 107 cm³/mol. The van der Waals surface area contributed by atoms with E-state index in [0.29, 0.717) is 17.8 Å². The van der Waals surface area contributed by atoms with Crippen LogP contribution in [-0.2, 0) is 16.1 Å². The molecule has 0 saturated heterocycles. The smallest absolute Gasteiger partial charge is 0.341 e. The minimum absolute atomic E-state index is 0.179. The van der Waals surface area contributed by atoms with Crippen LogP contribution in [0.2, 0.25) is 0 Å². The topological polar surface area (TPSA) is 80.6 Å². The first kappa shape index (κ1) is 20.0. The molecule has 6 heteroatoms. The second-order valence-corrected chi connectivity index (χ2v) is 7.22. The number of para-hydroxylation sites is 1. The molecule has 150 valence electrons. The van der Waals surface area contributed by atoms with Crippen LogP contribution in [0.15, 0.2) is 47.1 Å². The Balaban J connectivity index is 1.56. The van der Waals surface area contributed by atoms with E-state index in [-0.39, 0.29) is 11.9 Å². The monoisotopic (exact) mass is 384 g/mol. The number of amides is 1. The van der Waals surface area contributed by atoms with Crippen LogP contribution in [0, 0.1) is 0 Å². The van der Waals surface area contributed by atoms with Crippen LogP contribution < -0.4 is 10.6 Å². The minimum Gasteiger partial charge on any atom is -0.467 e. The van der Waals surface area contributed by atoms with E-state index in [0.717, 1.165) is 31.4 Å². The number of nitrogens with one attached hydrogen (secondary N) is 2. The van der Waals surface area contributed by atoms with Gasteiger partial charge in [0.25, 0.3) is 5.91 Å². The van der Waals surface area contributed by atoms with Gasteiger partial charge in [0.05, 0.1) is 18.4 Å². The normalized spacial score (nSPS) is 16.0. The molecule has 3 rings (SSSR count). The van der Waals surface area contributed by atoms with E-state index in [1.165, 1.54) is 12.8 Å². The van der Waals surface area contributed by atoms with E-state index in [1.54, 1.807) is 31.4 Å². The molecule has 1 fully saturated rings. The van der Waals surface area contributed by atoms with Crippen molar-refractivity contribution in [3.63, 3.8) is 0 Å². The molecule has 1 saturated carbocycles. The maximum atomic E-state index is 12.6. The van der Waals surface area contributed by atoms with Crippen molar-refractivity contribution in [1.29, 1.82) is 0 Å². The molecular weight excluding hydrogens is 356 g/mol. The Kier molecular flexibility index (Phi) is 7.12. The predicted octanol–water partition coefficient (Wildman–Crippen LogP) is 4.28. The van der Waals surface area contributed by atoms with Crippen LogP contribution in [0.25, 0.3) is 0 Å². The standard InChI is InChI=1S/C22H28N2O4/c1-16(21(25)24-17-9-4-2-3-5-10-17)28-22(26)19-12-6-7-13-20(19)23-15-18-11-8-14-27-18/h6-8,11-14,16-17,23H,2-5,9-10,15H2,1H3,(H,24,25). The summed E-state index contributed by atoms with van der Waals surface area (Å²) in [6.07, 6.45) is 7.46. The lowest BCUT2D eigenvalue weighted by Gasteiger charge is -2.20. The summed E-state index contributed by atoms with van der Waals surface area (Å²) in [5.74, 6) is 0.00616. The molecular formula is C22H28N2O4. The molecule has 1 atom stereocenters. The van der Waals surface area contributed by atoms with Gasteiger partial charge in [0.15, 0.2) is 6.10 Å². The lowest BCUT2D eigenvalue weighted by Crippen LogP contribution is -2.41. The first-order valence-corrected chi connectivity index (χ1v) is 10.00. The number of furan rings is 1. The zero-order valence-electron chi connectivity index (χ0n) is 16.3. The highest BCUT2D eigenvalue weighted by molar-refractivity contribution is 5.97. The maximum Gasteiger partial charge on any atom is 0.341 e. The summed E-state index contributed by atoms with van der Waals surface area (Å²) < 4.78 is 10.7. The molecule has 1 heterocycles. The van der Waals surface area contributed by atoms with Crippen molar-refractivity contribution in [2.24, 2.45) is 0 Å². The molecule has 28 heavy (non-hydrogen) atoms. The molecule has 1 aliphatic rings. The highest BCUT2D eigenvalue weighted by atomic mass is 16.5. The summed E-state index contributed by atoms with van der Waals surface area (Å²) in [6, 6.07) is 10.9. The summed E-state index contributed by atoms with van der Waals surface area (Å²) >= 11 is 0. The highest BCUT2D eigenvalue weighted by Gasteiger charge is 2.23. The zero-order valence-corrected chi connectivity index (χ0v) is 16.3. The summed E-state index contributed by atoms with van der Waals surface area (Å²) in [5, 5.41) is 6.21. The number of carbonyl (C=O) groups excluding carboxylic acids is 2.